The van der Waals surface area contributed by atoms with Gasteiger partial charge in [-0.2, -0.15) is 0 Å². The fraction of sp³-hybridized carbons (Fsp3) is 1.00. The number of aliphatic hydroxyl groups is 10. The molecule has 0 saturated carbocycles. The van der Waals surface area contributed by atoms with Gasteiger partial charge in [0, 0.05) is 6.54 Å². The summed E-state index contributed by atoms with van der Waals surface area (Å²) < 4.78 is 21.7. The van der Waals surface area contributed by atoms with Crippen LogP contribution < -0.4 is 5.32 Å². The lowest BCUT2D eigenvalue weighted by Gasteiger charge is -2.47. The Hall–Kier alpha value is -0.600. The summed E-state index contributed by atoms with van der Waals surface area (Å²) in [5, 5.41) is 102. The molecular weight excluding hydrogens is 454 g/mol. The molecule has 15 nitrogen and oxygen atoms in total. The number of nitrogens with one attached hydrogen (secondary N) is 1. The zero-order chi connectivity index (χ0) is 24.4. The molecule has 3 fully saturated rings. The Kier molecular flexibility index (Phi) is 9.35. The molecule has 0 aromatic rings. The monoisotopic (exact) mass is 487 g/mol. The van der Waals surface area contributed by atoms with Crippen molar-refractivity contribution in [1.82, 2.24) is 5.32 Å². The van der Waals surface area contributed by atoms with Gasteiger partial charge < -0.3 is 75.3 Å². The Labute approximate surface area is 188 Å². The Morgan fingerprint density at radius 2 is 1.15 bits per heavy atom. The van der Waals surface area contributed by atoms with Crippen molar-refractivity contribution < 1.29 is 70.0 Å². The zero-order valence-corrected chi connectivity index (χ0v) is 17.5. The summed E-state index contributed by atoms with van der Waals surface area (Å²) in [6.07, 6.45) is -20.2. The van der Waals surface area contributed by atoms with E-state index in [0.29, 0.717) is 0 Å². The molecule has 3 heterocycles. The number of piperidine rings is 1. The van der Waals surface area contributed by atoms with Gasteiger partial charge in [0.2, 0.25) is 0 Å². The average Bonchev–Trinajstić information content (AvgIpc) is 2.81. The molecule has 0 bridgehead atoms. The van der Waals surface area contributed by atoms with Crippen LogP contribution in [-0.2, 0) is 18.9 Å². The fourth-order valence-electron chi connectivity index (χ4n) is 4.13. The van der Waals surface area contributed by atoms with E-state index in [1.54, 1.807) is 0 Å². The maximum absolute atomic E-state index is 10.6. The molecule has 14 atom stereocenters. The second-order valence-corrected chi connectivity index (χ2v) is 8.36. The normalized spacial score (nSPS) is 51.5. The van der Waals surface area contributed by atoms with E-state index in [2.05, 4.69) is 5.32 Å². The molecule has 33 heavy (non-hydrogen) atoms. The first-order chi connectivity index (χ1) is 15.6. The van der Waals surface area contributed by atoms with Gasteiger partial charge in [-0.15, -0.1) is 0 Å². The highest BCUT2D eigenvalue weighted by atomic mass is 16.7. The van der Waals surface area contributed by atoms with E-state index in [1.807, 2.05) is 0 Å². The minimum absolute atomic E-state index is 0.0166. The number of ether oxygens (including phenoxy) is 4. The average molecular weight is 487 g/mol. The van der Waals surface area contributed by atoms with Crippen LogP contribution in [0.1, 0.15) is 0 Å². The molecule has 194 valence electrons. The maximum atomic E-state index is 10.6. The van der Waals surface area contributed by atoms with E-state index in [4.69, 9.17) is 18.9 Å². The second kappa shape index (κ2) is 11.4. The maximum Gasteiger partial charge on any atom is 0.187 e. The first-order valence-corrected chi connectivity index (χ1v) is 10.6. The van der Waals surface area contributed by atoms with E-state index in [0.717, 1.165) is 0 Å². The minimum atomic E-state index is -1.81. The van der Waals surface area contributed by atoms with Crippen LogP contribution in [0.4, 0.5) is 0 Å². The van der Waals surface area contributed by atoms with Crippen LogP contribution in [0.2, 0.25) is 0 Å². The smallest absolute Gasteiger partial charge is 0.187 e. The number of aliphatic hydroxyl groups excluding tert-OH is 10. The van der Waals surface area contributed by atoms with Crippen molar-refractivity contribution in [3.63, 3.8) is 0 Å². The summed E-state index contributed by atoms with van der Waals surface area (Å²) in [5.74, 6) is 0. The van der Waals surface area contributed by atoms with Gasteiger partial charge >= 0.3 is 0 Å². The van der Waals surface area contributed by atoms with E-state index in [1.165, 1.54) is 0 Å². The zero-order valence-electron chi connectivity index (χ0n) is 17.5. The highest BCUT2D eigenvalue weighted by Crippen LogP contribution is 2.31. The highest BCUT2D eigenvalue weighted by Gasteiger charge is 2.52. The molecule has 3 saturated heterocycles. The largest absolute Gasteiger partial charge is 0.395 e. The molecule has 0 amide bonds. The molecule has 3 aliphatic heterocycles. The molecule has 3 aliphatic rings. The number of hydrogen-bond acceptors (Lipinski definition) is 15. The van der Waals surface area contributed by atoms with Crippen LogP contribution in [0.3, 0.4) is 0 Å². The number of rotatable bonds is 7. The predicted molar refractivity (Wildman–Crippen MR) is 102 cm³/mol. The molecular formula is C18H33NO14. The molecule has 0 aliphatic carbocycles. The predicted octanol–water partition coefficient (Wildman–Crippen LogP) is -7.32. The quantitative estimate of drug-likeness (QED) is 0.159. The van der Waals surface area contributed by atoms with Gasteiger partial charge in [-0.05, 0) is 0 Å². The van der Waals surface area contributed by atoms with Crippen molar-refractivity contribution in [2.24, 2.45) is 0 Å². The van der Waals surface area contributed by atoms with Crippen molar-refractivity contribution in [1.29, 1.82) is 0 Å². The molecule has 11 N–H and O–H groups in total. The van der Waals surface area contributed by atoms with Gasteiger partial charge in [-0.1, -0.05) is 0 Å². The van der Waals surface area contributed by atoms with Crippen molar-refractivity contribution >= 4 is 0 Å². The molecule has 0 spiro atoms. The minimum Gasteiger partial charge on any atom is -0.395 e. The molecule has 15 heteroatoms. The lowest BCUT2D eigenvalue weighted by molar-refractivity contribution is -0.366. The third-order valence-corrected chi connectivity index (χ3v) is 6.16. The second-order valence-electron chi connectivity index (χ2n) is 8.36. The van der Waals surface area contributed by atoms with Crippen LogP contribution in [-0.4, -0.2) is 163 Å². The van der Waals surface area contributed by atoms with Gasteiger partial charge in [0.1, 0.15) is 61.0 Å². The SMILES string of the molecule is OCC1NCC(O)C(O)C1OC1OC(CO)C(OC2OC(CO)C(O)C(O)C2O)C(O)C1O. The van der Waals surface area contributed by atoms with Gasteiger partial charge in [-0.25, -0.2) is 0 Å². The molecule has 0 radical (unpaired) electrons. The van der Waals surface area contributed by atoms with E-state index >= 15 is 0 Å². The van der Waals surface area contributed by atoms with E-state index in [-0.39, 0.29) is 6.54 Å². The first kappa shape index (κ1) is 27.0. The van der Waals surface area contributed by atoms with E-state index in [9.17, 15) is 51.1 Å². The first-order valence-electron chi connectivity index (χ1n) is 10.6. The van der Waals surface area contributed by atoms with Gasteiger partial charge in [0.25, 0.3) is 0 Å². The standard InChI is InChI=1S/C18H33NO14/c20-2-5-15(9(24)6(23)1-19-5)32-18-14(29)12(27)16(8(4-22)31-18)33-17-13(28)11(26)10(25)7(3-21)30-17/h5-29H,1-4H2. The van der Waals surface area contributed by atoms with Gasteiger partial charge in [-0.3, -0.25) is 0 Å². The summed E-state index contributed by atoms with van der Waals surface area (Å²) >= 11 is 0. The summed E-state index contributed by atoms with van der Waals surface area (Å²) in [7, 11) is 0. The van der Waals surface area contributed by atoms with Crippen molar-refractivity contribution in [3.8, 4) is 0 Å². The Morgan fingerprint density at radius 3 is 1.73 bits per heavy atom. The molecule has 0 aromatic heterocycles. The van der Waals surface area contributed by atoms with Crippen LogP contribution in [0.25, 0.3) is 0 Å². The van der Waals surface area contributed by atoms with E-state index < -0.39 is 106 Å². The Morgan fingerprint density at radius 1 is 0.606 bits per heavy atom. The van der Waals surface area contributed by atoms with Crippen molar-refractivity contribution in [3.05, 3.63) is 0 Å². The number of β-amino-alcohol motifs (C(OH)–C–C–N with tert-alkyl or cyclic N) is 1. The van der Waals surface area contributed by atoms with Crippen LogP contribution in [0.15, 0.2) is 0 Å². The van der Waals surface area contributed by atoms with Crippen LogP contribution in [0, 0.1) is 0 Å². The third-order valence-electron chi connectivity index (χ3n) is 6.16. The lowest BCUT2D eigenvalue weighted by Crippen LogP contribution is -2.67. The van der Waals surface area contributed by atoms with Crippen molar-refractivity contribution in [2.75, 3.05) is 26.4 Å². The molecule has 14 unspecified atom stereocenters. The van der Waals surface area contributed by atoms with Crippen molar-refractivity contribution in [2.45, 2.75) is 85.8 Å². The number of hydrogen-bond donors (Lipinski definition) is 11. The summed E-state index contributed by atoms with van der Waals surface area (Å²) in [6.45, 7) is -1.97. The molecule has 3 rings (SSSR count). The summed E-state index contributed by atoms with van der Waals surface area (Å²) in [5.41, 5.74) is 0. The van der Waals surface area contributed by atoms with Gasteiger partial charge in [0.05, 0.1) is 32.0 Å². The molecule has 0 aromatic carbocycles. The highest BCUT2D eigenvalue weighted by molar-refractivity contribution is 4.97. The Balaban J connectivity index is 1.71. The van der Waals surface area contributed by atoms with Crippen LogP contribution >= 0.6 is 0 Å². The summed E-state index contributed by atoms with van der Waals surface area (Å²) in [4.78, 5) is 0. The van der Waals surface area contributed by atoms with Gasteiger partial charge in [0.15, 0.2) is 12.6 Å². The topological polar surface area (TPSA) is 251 Å². The third kappa shape index (κ3) is 5.48. The fourth-order valence-corrected chi connectivity index (χ4v) is 4.13. The Bertz CT molecular complexity index is 611. The van der Waals surface area contributed by atoms with Crippen LogP contribution in [0.5, 0.6) is 0 Å². The summed E-state index contributed by atoms with van der Waals surface area (Å²) in [6, 6.07) is -0.827. The lowest BCUT2D eigenvalue weighted by atomic mass is 9.95.